The van der Waals surface area contributed by atoms with Crippen molar-refractivity contribution in [3.05, 3.63) is 289 Å². The van der Waals surface area contributed by atoms with Crippen LogP contribution in [-0.4, -0.2) is 4.57 Å². The average molecular weight is 805 g/mol. The molecule has 0 unspecified atom stereocenters. The molecule has 0 N–H and O–H groups in total. The lowest BCUT2D eigenvalue weighted by Gasteiger charge is -2.37. The molecule has 0 amide bonds. The SMILES string of the molecule is c1ccc(-c2cccc(N(c3ccc(C(c4ccccc4)(c4ccccc4)c4ccccc4)cc3)c3cccc(-c4ccc5c(c4)c4ccccc4n5-c4ccccc4)c3)c2)cc1. The van der Waals surface area contributed by atoms with Crippen molar-refractivity contribution < 1.29 is 0 Å². The van der Waals surface area contributed by atoms with Gasteiger partial charge in [-0.15, -0.1) is 0 Å². The van der Waals surface area contributed by atoms with E-state index in [0.29, 0.717) is 0 Å². The van der Waals surface area contributed by atoms with Gasteiger partial charge in [-0.1, -0.05) is 200 Å². The van der Waals surface area contributed by atoms with Gasteiger partial charge in [0.1, 0.15) is 0 Å². The predicted octanol–water partition coefficient (Wildman–Crippen LogP) is 16.0. The molecule has 2 heteroatoms. The Hall–Kier alpha value is -8.20. The van der Waals surface area contributed by atoms with Gasteiger partial charge in [0, 0.05) is 33.5 Å². The molecule has 0 spiro atoms. The maximum absolute atomic E-state index is 2.40. The van der Waals surface area contributed by atoms with Crippen LogP contribution < -0.4 is 4.90 Å². The zero-order chi connectivity index (χ0) is 42.0. The average Bonchev–Trinajstić information content (AvgIpc) is 3.70. The van der Waals surface area contributed by atoms with Crippen molar-refractivity contribution in [1.82, 2.24) is 4.57 Å². The van der Waals surface area contributed by atoms with Crippen LogP contribution in [0.1, 0.15) is 22.3 Å². The molecule has 0 atom stereocenters. The van der Waals surface area contributed by atoms with Gasteiger partial charge in [-0.25, -0.2) is 0 Å². The van der Waals surface area contributed by atoms with Crippen LogP contribution in [0.2, 0.25) is 0 Å². The minimum Gasteiger partial charge on any atom is -0.310 e. The summed E-state index contributed by atoms with van der Waals surface area (Å²) in [6.45, 7) is 0. The Labute approximate surface area is 369 Å². The Kier molecular flexibility index (Phi) is 9.80. The van der Waals surface area contributed by atoms with Crippen molar-refractivity contribution in [3.8, 4) is 27.9 Å². The number of nitrogens with zero attached hydrogens (tertiary/aromatic N) is 2. The van der Waals surface area contributed by atoms with Gasteiger partial charge >= 0.3 is 0 Å². The topological polar surface area (TPSA) is 8.17 Å². The van der Waals surface area contributed by atoms with Gasteiger partial charge in [-0.3, -0.25) is 0 Å². The summed E-state index contributed by atoms with van der Waals surface area (Å²) in [7, 11) is 0. The molecule has 11 aromatic rings. The molecule has 63 heavy (non-hydrogen) atoms. The van der Waals surface area contributed by atoms with Crippen molar-refractivity contribution in [1.29, 1.82) is 0 Å². The van der Waals surface area contributed by atoms with E-state index < -0.39 is 5.41 Å². The minimum atomic E-state index is -0.539. The van der Waals surface area contributed by atoms with Crippen LogP contribution in [0.4, 0.5) is 17.1 Å². The molecular weight excluding hydrogens is 761 g/mol. The summed E-state index contributed by atoms with van der Waals surface area (Å²) < 4.78 is 2.37. The van der Waals surface area contributed by atoms with E-state index in [-0.39, 0.29) is 0 Å². The molecule has 0 fully saturated rings. The monoisotopic (exact) mass is 804 g/mol. The molecule has 0 saturated heterocycles. The second kappa shape index (κ2) is 16.3. The molecule has 0 bridgehead atoms. The van der Waals surface area contributed by atoms with Gasteiger partial charge in [0.2, 0.25) is 0 Å². The predicted molar refractivity (Wildman–Crippen MR) is 265 cm³/mol. The van der Waals surface area contributed by atoms with E-state index in [2.05, 4.69) is 276 Å². The van der Waals surface area contributed by atoms with Crippen LogP contribution in [0.5, 0.6) is 0 Å². The molecule has 1 aromatic heterocycles. The van der Waals surface area contributed by atoms with E-state index in [4.69, 9.17) is 0 Å². The summed E-state index contributed by atoms with van der Waals surface area (Å²) in [4.78, 5) is 2.40. The number of hydrogen-bond acceptors (Lipinski definition) is 1. The third kappa shape index (κ3) is 6.79. The minimum absolute atomic E-state index is 0.539. The van der Waals surface area contributed by atoms with Crippen LogP contribution in [0.3, 0.4) is 0 Å². The fourth-order valence-electron chi connectivity index (χ4n) is 9.66. The molecule has 0 radical (unpaired) electrons. The summed E-state index contributed by atoms with van der Waals surface area (Å²) >= 11 is 0. The highest BCUT2D eigenvalue weighted by molar-refractivity contribution is 6.10. The second-order valence-corrected chi connectivity index (χ2v) is 16.1. The largest absolute Gasteiger partial charge is 0.310 e. The molecule has 11 rings (SSSR count). The number of benzene rings is 10. The normalized spacial score (nSPS) is 11.5. The van der Waals surface area contributed by atoms with Crippen molar-refractivity contribution in [3.63, 3.8) is 0 Å². The first-order valence-electron chi connectivity index (χ1n) is 21.7. The van der Waals surface area contributed by atoms with Gasteiger partial charge in [0.25, 0.3) is 0 Å². The van der Waals surface area contributed by atoms with E-state index in [1.165, 1.54) is 60.8 Å². The second-order valence-electron chi connectivity index (χ2n) is 16.1. The standard InChI is InChI=1S/C61H44N2/c1-6-20-45(21-7-1)46-22-18-32-55(42-46)62(54-39-37-52(38-40-54)61(49-24-8-2-9-25-49,50-26-10-3-11-27-50)51-28-12-4-13-29-51)56-33-19-23-47(43-56)48-36-41-60-58(44-48)57-34-16-17-35-59(57)63(60)53-30-14-5-15-31-53/h1-44H. The zero-order valence-electron chi connectivity index (χ0n) is 34.8. The number of anilines is 3. The van der Waals surface area contributed by atoms with Crippen molar-refractivity contribution in [2.75, 3.05) is 4.90 Å². The molecule has 0 saturated carbocycles. The quantitative estimate of drug-likeness (QED) is 0.125. The molecule has 2 nitrogen and oxygen atoms in total. The van der Waals surface area contributed by atoms with E-state index in [1.807, 2.05) is 0 Å². The summed E-state index contributed by atoms with van der Waals surface area (Å²) in [5.74, 6) is 0. The van der Waals surface area contributed by atoms with E-state index in [9.17, 15) is 0 Å². The summed E-state index contributed by atoms with van der Waals surface area (Å²) in [6.07, 6.45) is 0. The lowest BCUT2D eigenvalue weighted by atomic mass is 9.65. The van der Waals surface area contributed by atoms with Crippen molar-refractivity contribution in [2.45, 2.75) is 5.41 Å². The maximum Gasteiger partial charge on any atom is 0.0701 e. The van der Waals surface area contributed by atoms with Crippen LogP contribution in [-0.2, 0) is 5.41 Å². The number of para-hydroxylation sites is 2. The molecule has 0 aliphatic heterocycles. The van der Waals surface area contributed by atoms with Gasteiger partial charge < -0.3 is 9.47 Å². The molecule has 0 aliphatic carbocycles. The van der Waals surface area contributed by atoms with Gasteiger partial charge in [-0.05, 0) is 111 Å². The maximum atomic E-state index is 2.40. The van der Waals surface area contributed by atoms with Crippen LogP contribution in [0.15, 0.2) is 267 Å². The highest BCUT2D eigenvalue weighted by atomic mass is 15.1. The molecule has 10 aromatic carbocycles. The van der Waals surface area contributed by atoms with E-state index in [1.54, 1.807) is 0 Å². The molecule has 0 aliphatic rings. The number of rotatable bonds is 10. The number of fused-ring (bicyclic) bond motifs is 3. The fraction of sp³-hybridized carbons (Fsp3) is 0.0164. The van der Waals surface area contributed by atoms with Gasteiger partial charge in [0.15, 0.2) is 0 Å². The fourth-order valence-corrected chi connectivity index (χ4v) is 9.66. The lowest BCUT2D eigenvalue weighted by molar-refractivity contribution is 0.745. The third-order valence-corrected chi connectivity index (χ3v) is 12.5. The highest BCUT2D eigenvalue weighted by Crippen LogP contribution is 2.47. The summed E-state index contributed by atoms with van der Waals surface area (Å²) in [6, 6.07) is 96.9. The third-order valence-electron chi connectivity index (χ3n) is 12.5. The van der Waals surface area contributed by atoms with Crippen molar-refractivity contribution in [2.24, 2.45) is 0 Å². The number of hydrogen-bond donors (Lipinski definition) is 0. The van der Waals surface area contributed by atoms with Crippen LogP contribution in [0, 0.1) is 0 Å². The summed E-state index contributed by atoms with van der Waals surface area (Å²) in [5, 5.41) is 2.48. The molecular formula is C61H44N2. The molecule has 298 valence electrons. The van der Waals surface area contributed by atoms with E-state index >= 15 is 0 Å². The van der Waals surface area contributed by atoms with E-state index in [0.717, 1.165) is 28.3 Å². The first kappa shape index (κ1) is 37.8. The Morgan fingerprint density at radius 2 is 0.698 bits per heavy atom. The Bertz CT molecular complexity index is 3210. The first-order chi connectivity index (χ1) is 31.3. The Morgan fingerprint density at radius 1 is 0.270 bits per heavy atom. The van der Waals surface area contributed by atoms with Gasteiger partial charge in [-0.2, -0.15) is 0 Å². The summed E-state index contributed by atoms with van der Waals surface area (Å²) in [5.41, 5.74) is 15.8. The van der Waals surface area contributed by atoms with Gasteiger partial charge in [0.05, 0.1) is 16.4 Å². The Balaban J connectivity index is 1.07. The lowest BCUT2D eigenvalue weighted by Crippen LogP contribution is -2.31. The smallest absolute Gasteiger partial charge is 0.0701 e. The molecule has 1 heterocycles. The highest BCUT2D eigenvalue weighted by Gasteiger charge is 2.38. The van der Waals surface area contributed by atoms with Crippen LogP contribution in [0.25, 0.3) is 49.7 Å². The zero-order valence-corrected chi connectivity index (χ0v) is 34.8. The van der Waals surface area contributed by atoms with Crippen LogP contribution >= 0.6 is 0 Å². The first-order valence-corrected chi connectivity index (χ1v) is 21.7. The number of aromatic nitrogens is 1. The Morgan fingerprint density at radius 3 is 1.27 bits per heavy atom. The van der Waals surface area contributed by atoms with Crippen molar-refractivity contribution >= 4 is 38.9 Å².